The molecule has 5 heteroatoms. The highest BCUT2D eigenvalue weighted by molar-refractivity contribution is 5.92. The summed E-state index contributed by atoms with van der Waals surface area (Å²) >= 11 is 0. The van der Waals surface area contributed by atoms with Gasteiger partial charge in [-0.15, -0.1) is 0 Å². The minimum absolute atomic E-state index is 0.00959. The molecule has 0 unspecified atom stereocenters. The second-order valence-electron chi connectivity index (χ2n) is 5.67. The van der Waals surface area contributed by atoms with E-state index in [2.05, 4.69) is 10.6 Å². The third-order valence-electron chi connectivity index (χ3n) is 4.07. The standard InChI is InChI=1S/C17H25N3O2/c1-3-16(21)19-15-9-7-8-14(13(15)2)18-12-17(22)20-10-5-4-6-11-20/h7-9,18H,3-6,10-12H2,1-2H3,(H,19,21). The number of nitrogens with zero attached hydrogens (tertiary/aromatic N) is 1. The van der Waals surface area contributed by atoms with Gasteiger partial charge in [-0.05, 0) is 43.9 Å². The van der Waals surface area contributed by atoms with Crippen LogP contribution in [0.1, 0.15) is 38.2 Å². The minimum Gasteiger partial charge on any atom is -0.376 e. The molecule has 1 heterocycles. The Morgan fingerprint density at radius 3 is 2.50 bits per heavy atom. The van der Waals surface area contributed by atoms with Crippen LogP contribution in [0.25, 0.3) is 0 Å². The lowest BCUT2D eigenvalue weighted by Gasteiger charge is -2.27. The van der Waals surface area contributed by atoms with Gasteiger partial charge in [0, 0.05) is 30.9 Å². The van der Waals surface area contributed by atoms with Crippen LogP contribution in [0.3, 0.4) is 0 Å². The van der Waals surface area contributed by atoms with Gasteiger partial charge >= 0.3 is 0 Å². The van der Waals surface area contributed by atoms with Crippen molar-refractivity contribution in [2.24, 2.45) is 0 Å². The molecule has 0 aliphatic carbocycles. The van der Waals surface area contributed by atoms with E-state index in [1.165, 1.54) is 6.42 Å². The Balaban J connectivity index is 1.96. The van der Waals surface area contributed by atoms with E-state index < -0.39 is 0 Å². The maximum Gasteiger partial charge on any atom is 0.241 e. The highest BCUT2D eigenvalue weighted by Gasteiger charge is 2.16. The Morgan fingerprint density at radius 2 is 1.82 bits per heavy atom. The van der Waals surface area contributed by atoms with Crippen LogP contribution in [0.4, 0.5) is 11.4 Å². The fourth-order valence-corrected chi connectivity index (χ4v) is 2.63. The normalized spacial score (nSPS) is 14.5. The molecule has 22 heavy (non-hydrogen) atoms. The van der Waals surface area contributed by atoms with Crippen molar-refractivity contribution in [2.75, 3.05) is 30.3 Å². The van der Waals surface area contributed by atoms with Gasteiger partial charge in [-0.3, -0.25) is 9.59 Å². The third-order valence-corrected chi connectivity index (χ3v) is 4.07. The molecule has 1 aromatic carbocycles. The fourth-order valence-electron chi connectivity index (χ4n) is 2.63. The number of carbonyl (C=O) groups is 2. The lowest BCUT2D eigenvalue weighted by molar-refractivity contribution is -0.130. The summed E-state index contributed by atoms with van der Waals surface area (Å²) in [7, 11) is 0. The van der Waals surface area contributed by atoms with E-state index >= 15 is 0 Å². The second kappa shape index (κ2) is 7.82. The van der Waals surface area contributed by atoms with Crippen LogP contribution in [0.2, 0.25) is 0 Å². The molecule has 1 aliphatic heterocycles. The number of hydrogen-bond acceptors (Lipinski definition) is 3. The first-order valence-electron chi connectivity index (χ1n) is 8.03. The van der Waals surface area contributed by atoms with Gasteiger partial charge in [0.15, 0.2) is 0 Å². The first-order chi connectivity index (χ1) is 10.6. The first kappa shape index (κ1) is 16.3. The Hall–Kier alpha value is -2.04. The number of rotatable bonds is 5. The third kappa shape index (κ3) is 4.23. The van der Waals surface area contributed by atoms with Crippen molar-refractivity contribution in [2.45, 2.75) is 39.5 Å². The zero-order valence-electron chi connectivity index (χ0n) is 13.4. The average Bonchev–Trinajstić information content (AvgIpc) is 2.56. The number of carbonyl (C=O) groups excluding carboxylic acids is 2. The summed E-state index contributed by atoms with van der Waals surface area (Å²) in [4.78, 5) is 25.6. The monoisotopic (exact) mass is 303 g/mol. The van der Waals surface area contributed by atoms with Crippen molar-refractivity contribution >= 4 is 23.2 Å². The summed E-state index contributed by atoms with van der Waals surface area (Å²) in [5.74, 6) is 0.131. The summed E-state index contributed by atoms with van der Waals surface area (Å²) in [5.41, 5.74) is 2.64. The molecule has 0 aromatic heterocycles. The largest absolute Gasteiger partial charge is 0.376 e. The van der Waals surface area contributed by atoms with E-state index in [4.69, 9.17) is 0 Å². The number of anilines is 2. The zero-order valence-corrected chi connectivity index (χ0v) is 13.4. The van der Waals surface area contributed by atoms with Crippen molar-refractivity contribution < 1.29 is 9.59 Å². The van der Waals surface area contributed by atoms with Crippen molar-refractivity contribution in [3.63, 3.8) is 0 Å². The summed E-state index contributed by atoms with van der Waals surface area (Å²) < 4.78 is 0. The Kier molecular flexibility index (Phi) is 5.81. The predicted molar refractivity (Wildman–Crippen MR) is 89.0 cm³/mol. The quantitative estimate of drug-likeness (QED) is 0.879. The zero-order chi connectivity index (χ0) is 15.9. The molecule has 0 bridgehead atoms. The molecule has 0 spiro atoms. The van der Waals surface area contributed by atoms with Gasteiger partial charge in [-0.1, -0.05) is 13.0 Å². The first-order valence-corrected chi connectivity index (χ1v) is 8.03. The lowest BCUT2D eigenvalue weighted by Crippen LogP contribution is -2.39. The van der Waals surface area contributed by atoms with Crippen LogP contribution in [-0.4, -0.2) is 36.3 Å². The maximum absolute atomic E-state index is 12.2. The van der Waals surface area contributed by atoms with Crippen LogP contribution in [0.5, 0.6) is 0 Å². The van der Waals surface area contributed by atoms with E-state index in [0.717, 1.165) is 42.9 Å². The molecular weight excluding hydrogens is 278 g/mol. The molecule has 120 valence electrons. The molecule has 2 amide bonds. The average molecular weight is 303 g/mol. The van der Waals surface area contributed by atoms with Gasteiger partial charge in [-0.2, -0.15) is 0 Å². The molecule has 1 aliphatic rings. The van der Waals surface area contributed by atoms with Crippen LogP contribution < -0.4 is 10.6 Å². The summed E-state index contributed by atoms with van der Waals surface area (Å²) in [6.07, 6.45) is 3.87. The van der Waals surface area contributed by atoms with E-state index in [1.54, 1.807) is 0 Å². The summed E-state index contributed by atoms with van der Waals surface area (Å²) in [5, 5.41) is 6.08. The van der Waals surface area contributed by atoms with Gasteiger partial charge < -0.3 is 15.5 Å². The van der Waals surface area contributed by atoms with Crippen molar-refractivity contribution in [3.8, 4) is 0 Å². The van der Waals surface area contributed by atoms with Crippen molar-refractivity contribution in [1.29, 1.82) is 0 Å². The van der Waals surface area contributed by atoms with Crippen molar-refractivity contribution in [1.82, 2.24) is 4.90 Å². The van der Waals surface area contributed by atoms with Crippen molar-refractivity contribution in [3.05, 3.63) is 23.8 Å². The molecule has 0 atom stereocenters. The van der Waals surface area contributed by atoms with Gasteiger partial charge in [-0.25, -0.2) is 0 Å². The predicted octanol–water partition coefficient (Wildman–Crippen LogP) is 2.77. The molecule has 1 saturated heterocycles. The van der Waals surface area contributed by atoms with Gasteiger partial charge in [0.2, 0.25) is 11.8 Å². The van der Waals surface area contributed by atoms with Gasteiger partial charge in [0.25, 0.3) is 0 Å². The molecule has 5 nitrogen and oxygen atoms in total. The number of likely N-dealkylation sites (tertiary alicyclic amines) is 1. The Bertz CT molecular complexity index is 537. The molecule has 1 fully saturated rings. The Morgan fingerprint density at radius 1 is 1.14 bits per heavy atom. The Labute approximate surface area is 132 Å². The number of hydrogen-bond donors (Lipinski definition) is 2. The number of benzene rings is 1. The van der Waals surface area contributed by atoms with Crippen LogP contribution in [-0.2, 0) is 9.59 Å². The number of amides is 2. The summed E-state index contributed by atoms with van der Waals surface area (Å²) in [6, 6.07) is 5.69. The number of piperidine rings is 1. The molecule has 1 aromatic rings. The highest BCUT2D eigenvalue weighted by atomic mass is 16.2. The highest BCUT2D eigenvalue weighted by Crippen LogP contribution is 2.23. The van der Waals surface area contributed by atoms with E-state index in [1.807, 2.05) is 36.9 Å². The smallest absolute Gasteiger partial charge is 0.241 e. The molecular formula is C17H25N3O2. The fraction of sp³-hybridized carbons (Fsp3) is 0.529. The molecule has 0 radical (unpaired) electrons. The lowest BCUT2D eigenvalue weighted by atomic mass is 10.1. The number of nitrogens with one attached hydrogen (secondary N) is 2. The summed E-state index contributed by atoms with van der Waals surface area (Å²) in [6.45, 7) is 5.80. The molecule has 2 rings (SSSR count). The van der Waals surface area contributed by atoms with Crippen LogP contribution in [0.15, 0.2) is 18.2 Å². The topological polar surface area (TPSA) is 61.4 Å². The van der Waals surface area contributed by atoms with Gasteiger partial charge in [0.1, 0.15) is 0 Å². The molecule has 2 N–H and O–H groups in total. The van der Waals surface area contributed by atoms with Gasteiger partial charge in [0.05, 0.1) is 6.54 Å². The van der Waals surface area contributed by atoms with Crippen LogP contribution >= 0.6 is 0 Å². The second-order valence-corrected chi connectivity index (χ2v) is 5.67. The maximum atomic E-state index is 12.2. The van der Waals surface area contributed by atoms with E-state index in [9.17, 15) is 9.59 Å². The van der Waals surface area contributed by atoms with E-state index in [-0.39, 0.29) is 11.8 Å². The van der Waals surface area contributed by atoms with E-state index in [0.29, 0.717) is 13.0 Å². The molecule has 0 saturated carbocycles. The minimum atomic E-state index is -0.00959. The van der Waals surface area contributed by atoms with Crippen LogP contribution in [0, 0.1) is 6.92 Å². The SMILES string of the molecule is CCC(=O)Nc1cccc(NCC(=O)N2CCCCC2)c1C.